The molecule has 0 spiro atoms. The lowest BCUT2D eigenvalue weighted by atomic mass is 10.3. The number of carbonyl (C=O) groups excluding carboxylic acids is 1. The van der Waals surface area contributed by atoms with Gasteiger partial charge in [0.1, 0.15) is 6.54 Å². The number of aliphatic carboxylic acids is 1. The van der Waals surface area contributed by atoms with E-state index in [-0.39, 0.29) is 11.5 Å². The van der Waals surface area contributed by atoms with Gasteiger partial charge in [-0.3, -0.25) is 4.79 Å². The van der Waals surface area contributed by atoms with E-state index in [1.807, 2.05) is 0 Å². The van der Waals surface area contributed by atoms with Crippen LogP contribution in [0.2, 0.25) is 0 Å². The summed E-state index contributed by atoms with van der Waals surface area (Å²) in [5.41, 5.74) is 0. The monoisotopic (exact) mass is 250 g/mol. The summed E-state index contributed by atoms with van der Waals surface area (Å²) in [6.45, 7) is -0.411. The van der Waals surface area contributed by atoms with Crippen LogP contribution < -0.4 is 5.32 Å². The van der Waals surface area contributed by atoms with E-state index in [1.54, 1.807) is 0 Å². The first-order valence-electron chi connectivity index (χ1n) is 4.74. The van der Waals surface area contributed by atoms with Gasteiger partial charge in [0.15, 0.2) is 9.84 Å². The maximum Gasteiger partial charge on any atom is 0.323 e. The molecule has 0 aliphatic carbocycles. The molecule has 2 amide bonds. The molecule has 1 saturated heterocycles. The molecule has 1 aliphatic rings. The average Bonchev–Trinajstić information content (AvgIpc) is 2.44. The Labute approximate surface area is 93.3 Å². The molecule has 7 nitrogen and oxygen atoms in total. The number of rotatable bonds is 3. The topological polar surface area (TPSA) is 104 Å². The van der Waals surface area contributed by atoms with E-state index in [0.29, 0.717) is 6.42 Å². The number of amides is 2. The summed E-state index contributed by atoms with van der Waals surface area (Å²) in [5.74, 6) is -1.11. The van der Waals surface area contributed by atoms with Crippen LogP contribution in [0.15, 0.2) is 0 Å². The third-order valence-corrected chi connectivity index (χ3v) is 4.05. The molecule has 2 N–H and O–H groups in total. The number of sulfone groups is 1. The van der Waals surface area contributed by atoms with Gasteiger partial charge in [-0.05, 0) is 6.42 Å². The van der Waals surface area contributed by atoms with Crippen LogP contribution in [0.5, 0.6) is 0 Å². The molecule has 1 fully saturated rings. The maximum atomic E-state index is 11.4. The van der Waals surface area contributed by atoms with Crippen LogP contribution in [0, 0.1) is 0 Å². The van der Waals surface area contributed by atoms with Crippen LogP contribution in [0.1, 0.15) is 6.42 Å². The van der Waals surface area contributed by atoms with Crippen molar-refractivity contribution in [1.29, 1.82) is 0 Å². The van der Waals surface area contributed by atoms with Crippen molar-refractivity contribution in [3.8, 4) is 0 Å². The number of urea groups is 1. The van der Waals surface area contributed by atoms with Gasteiger partial charge in [-0.25, -0.2) is 13.2 Å². The lowest BCUT2D eigenvalue weighted by Crippen LogP contribution is -2.45. The molecule has 16 heavy (non-hydrogen) atoms. The van der Waals surface area contributed by atoms with Crippen LogP contribution in [-0.2, 0) is 14.6 Å². The summed E-state index contributed by atoms with van der Waals surface area (Å²) in [6, 6.07) is -0.974. The summed E-state index contributed by atoms with van der Waals surface area (Å²) in [6.07, 6.45) is 0.384. The molecule has 0 aromatic carbocycles. The zero-order chi connectivity index (χ0) is 12.3. The SMILES string of the molecule is CN(CC(=O)O)C(=O)NC1CCS(=O)(=O)C1. The highest BCUT2D eigenvalue weighted by Crippen LogP contribution is 2.11. The Morgan fingerprint density at radius 2 is 2.12 bits per heavy atom. The van der Waals surface area contributed by atoms with Gasteiger partial charge in [-0.15, -0.1) is 0 Å². The van der Waals surface area contributed by atoms with Gasteiger partial charge in [0, 0.05) is 13.1 Å². The molecular formula is C8H14N2O5S. The first-order chi connectivity index (χ1) is 7.30. The van der Waals surface area contributed by atoms with E-state index in [0.717, 1.165) is 4.90 Å². The molecule has 0 bridgehead atoms. The van der Waals surface area contributed by atoms with Crippen molar-refractivity contribution in [2.24, 2.45) is 0 Å². The minimum atomic E-state index is -3.04. The average molecular weight is 250 g/mol. The molecule has 92 valence electrons. The standard InChI is InChI=1S/C8H14N2O5S/c1-10(4-7(11)12)8(13)9-6-2-3-16(14,15)5-6/h6H,2-5H2,1H3,(H,9,13)(H,11,12). The second-order valence-electron chi connectivity index (χ2n) is 3.80. The minimum absolute atomic E-state index is 0.0698. The highest BCUT2D eigenvalue weighted by Gasteiger charge is 2.29. The highest BCUT2D eigenvalue weighted by molar-refractivity contribution is 7.91. The Morgan fingerprint density at radius 3 is 2.56 bits per heavy atom. The molecule has 0 aromatic heterocycles. The largest absolute Gasteiger partial charge is 0.480 e. The van der Waals surface area contributed by atoms with Crippen LogP contribution in [0.3, 0.4) is 0 Å². The quantitative estimate of drug-likeness (QED) is 0.661. The van der Waals surface area contributed by atoms with Gasteiger partial charge in [0.05, 0.1) is 11.5 Å². The molecule has 1 rings (SSSR count). The number of likely N-dealkylation sites (N-methyl/N-ethyl adjacent to an activating group) is 1. The van der Waals surface area contributed by atoms with Crippen molar-refractivity contribution in [3.05, 3.63) is 0 Å². The van der Waals surface area contributed by atoms with Crippen molar-refractivity contribution < 1.29 is 23.1 Å². The zero-order valence-corrected chi connectivity index (χ0v) is 9.66. The van der Waals surface area contributed by atoms with Crippen molar-refractivity contribution in [3.63, 3.8) is 0 Å². The van der Waals surface area contributed by atoms with Crippen molar-refractivity contribution >= 4 is 21.8 Å². The van der Waals surface area contributed by atoms with Gasteiger partial charge in [0.25, 0.3) is 0 Å². The number of carboxylic acids is 1. The summed E-state index contributed by atoms with van der Waals surface area (Å²) in [7, 11) is -1.70. The molecule has 0 radical (unpaired) electrons. The van der Waals surface area contributed by atoms with E-state index in [9.17, 15) is 18.0 Å². The van der Waals surface area contributed by atoms with Gasteiger partial charge < -0.3 is 15.3 Å². The molecule has 8 heteroatoms. The first-order valence-corrected chi connectivity index (χ1v) is 6.56. The number of carbonyl (C=O) groups is 2. The molecule has 1 atom stereocenters. The smallest absolute Gasteiger partial charge is 0.323 e. The molecule has 0 saturated carbocycles. The molecule has 1 aliphatic heterocycles. The second kappa shape index (κ2) is 4.69. The number of nitrogens with zero attached hydrogens (tertiary/aromatic N) is 1. The molecule has 0 aromatic rings. The third kappa shape index (κ3) is 3.69. The first kappa shape index (κ1) is 12.8. The fraction of sp³-hybridized carbons (Fsp3) is 0.750. The summed E-state index contributed by atoms with van der Waals surface area (Å²) in [5, 5.41) is 10.9. The Kier molecular flexibility index (Phi) is 3.74. The Hall–Kier alpha value is -1.31. The van der Waals surface area contributed by atoms with E-state index < -0.39 is 34.4 Å². The Morgan fingerprint density at radius 1 is 1.50 bits per heavy atom. The number of hydrogen-bond acceptors (Lipinski definition) is 4. The van der Waals surface area contributed by atoms with Crippen LogP contribution >= 0.6 is 0 Å². The normalized spacial score (nSPS) is 22.7. The van der Waals surface area contributed by atoms with Crippen molar-refractivity contribution in [2.75, 3.05) is 25.1 Å². The van der Waals surface area contributed by atoms with Gasteiger partial charge >= 0.3 is 12.0 Å². The zero-order valence-electron chi connectivity index (χ0n) is 8.84. The lowest BCUT2D eigenvalue weighted by molar-refractivity contribution is -0.137. The fourth-order valence-corrected chi connectivity index (χ4v) is 3.14. The van der Waals surface area contributed by atoms with Gasteiger partial charge in [-0.1, -0.05) is 0 Å². The van der Waals surface area contributed by atoms with E-state index in [2.05, 4.69) is 5.32 Å². The molecular weight excluding hydrogens is 236 g/mol. The van der Waals surface area contributed by atoms with Crippen molar-refractivity contribution in [2.45, 2.75) is 12.5 Å². The Balaban J connectivity index is 2.44. The van der Waals surface area contributed by atoms with E-state index >= 15 is 0 Å². The van der Waals surface area contributed by atoms with Crippen LogP contribution in [-0.4, -0.2) is 61.6 Å². The maximum absolute atomic E-state index is 11.4. The van der Waals surface area contributed by atoms with Crippen LogP contribution in [0.25, 0.3) is 0 Å². The minimum Gasteiger partial charge on any atom is -0.480 e. The second-order valence-corrected chi connectivity index (χ2v) is 6.03. The number of carboxylic acid groups (broad SMARTS) is 1. The van der Waals surface area contributed by atoms with E-state index in [4.69, 9.17) is 5.11 Å². The highest BCUT2D eigenvalue weighted by atomic mass is 32.2. The summed E-state index contributed by atoms with van der Waals surface area (Å²) >= 11 is 0. The summed E-state index contributed by atoms with van der Waals surface area (Å²) in [4.78, 5) is 22.7. The van der Waals surface area contributed by atoms with Crippen LogP contribution in [0.4, 0.5) is 4.79 Å². The van der Waals surface area contributed by atoms with E-state index in [1.165, 1.54) is 7.05 Å². The predicted octanol–water partition coefficient (Wildman–Crippen LogP) is -1.10. The molecule has 1 heterocycles. The number of nitrogens with one attached hydrogen (secondary N) is 1. The summed E-state index contributed by atoms with van der Waals surface area (Å²) < 4.78 is 22.2. The number of hydrogen-bond donors (Lipinski definition) is 2. The Bertz CT molecular complexity index is 391. The van der Waals surface area contributed by atoms with Crippen molar-refractivity contribution in [1.82, 2.24) is 10.2 Å². The lowest BCUT2D eigenvalue weighted by Gasteiger charge is -2.18. The third-order valence-electron chi connectivity index (χ3n) is 2.28. The molecule has 1 unspecified atom stereocenters. The van der Waals surface area contributed by atoms with Gasteiger partial charge in [0.2, 0.25) is 0 Å². The van der Waals surface area contributed by atoms with Gasteiger partial charge in [-0.2, -0.15) is 0 Å². The predicted molar refractivity (Wildman–Crippen MR) is 55.9 cm³/mol. The fourth-order valence-electron chi connectivity index (χ4n) is 1.47.